The van der Waals surface area contributed by atoms with E-state index in [9.17, 15) is 14.4 Å². The molecule has 1 saturated heterocycles. The summed E-state index contributed by atoms with van der Waals surface area (Å²) in [6.45, 7) is 5.51. The van der Waals surface area contributed by atoms with E-state index in [2.05, 4.69) is 4.98 Å². The van der Waals surface area contributed by atoms with Crippen molar-refractivity contribution in [3.8, 4) is 0 Å². The molecule has 1 fully saturated rings. The Bertz CT molecular complexity index is 1020. The number of hydrogen-bond donors (Lipinski definition) is 1. The first kappa shape index (κ1) is 22.5. The van der Waals surface area contributed by atoms with Gasteiger partial charge in [-0.1, -0.05) is 23.4 Å². The van der Waals surface area contributed by atoms with Gasteiger partial charge < -0.3 is 24.3 Å². The van der Waals surface area contributed by atoms with Gasteiger partial charge in [-0.2, -0.15) is 0 Å². The normalized spacial score (nSPS) is 14.3. The van der Waals surface area contributed by atoms with Gasteiger partial charge in [0.1, 0.15) is 5.56 Å². The number of thioether (sulfide) groups is 1. The van der Waals surface area contributed by atoms with E-state index in [0.29, 0.717) is 52.8 Å². The van der Waals surface area contributed by atoms with Crippen molar-refractivity contribution in [2.75, 3.05) is 50.7 Å². The summed E-state index contributed by atoms with van der Waals surface area (Å²) in [5.74, 6) is -0.408. The fourth-order valence-electron chi connectivity index (χ4n) is 3.48. The number of nitrogens with one attached hydrogen (secondary N) is 1. The molecule has 2 aromatic rings. The molecule has 0 spiro atoms. The third-order valence-electron chi connectivity index (χ3n) is 4.90. The molecule has 30 heavy (non-hydrogen) atoms. The second-order valence-corrected chi connectivity index (χ2v) is 8.08. The summed E-state index contributed by atoms with van der Waals surface area (Å²) in [4.78, 5) is 44.6. The zero-order valence-electron chi connectivity index (χ0n) is 17.1. The number of fused-ring (bicyclic) bond motifs is 1. The van der Waals surface area contributed by atoms with Gasteiger partial charge in [0.05, 0.1) is 39.2 Å². The van der Waals surface area contributed by atoms with Gasteiger partial charge in [0.25, 0.3) is 0 Å². The minimum absolute atomic E-state index is 0.0147. The quantitative estimate of drug-likeness (QED) is 0.408. The molecule has 10 heteroatoms. The van der Waals surface area contributed by atoms with Crippen molar-refractivity contribution in [1.29, 1.82) is 0 Å². The number of benzene rings is 1. The molecule has 1 aromatic carbocycles. The molecule has 8 nitrogen and oxygen atoms in total. The summed E-state index contributed by atoms with van der Waals surface area (Å²) in [7, 11) is 1.54. The summed E-state index contributed by atoms with van der Waals surface area (Å²) in [6.07, 6.45) is 0. The second kappa shape index (κ2) is 9.72. The van der Waals surface area contributed by atoms with Crippen LogP contribution < -0.4 is 10.3 Å². The van der Waals surface area contributed by atoms with E-state index in [1.54, 1.807) is 24.0 Å². The monoisotopic (exact) mass is 453 g/mol. The highest BCUT2D eigenvalue weighted by Gasteiger charge is 2.27. The van der Waals surface area contributed by atoms with Crippen molar-refractivity contribution in [2.45, 2.75) is 18.9 Å². The lowest BCUT2D eigenvalue weighted by molar-refractivity contribution is -0.129. The number of amides is 1. The third kappa shape index (κ3) is 4.43. The van der Waals surface area contributed by atoms with E-state index >= 15 is 0 Å². The molecule has 0 aliphatic carbocycles. The van der Waals surface area contributed by atoms with Crippen LogP contribution in [-0.2, 0) is 14.3 Å². The summed E-state index contributed by atoms with van der Waals surface area (Å²) < 4.78 is 10.2. The fourth-order valence-corrected chi connectivity index (χ4v) is 4.50. The van der Waals surface area contributed by atoms with Crippen LogP contribution in [0.3, 0.4) is 0 Å². The number of halogens is 1. The standard InChI is InChI=1S/C20H24ClN3O5S/c1-4-29-20(27)16-18(26)15-14(22-19(16)30-11-28-3)6-5-13(21)17(15)24-9-7-23(8-10-24)12(2)25/h5-6H,4,7-11H2,1-3H3,(H,22,26). The Morgan fingerprint density at radius 2 is 1.93 bits per heavy atom. The van der Waals surface area contributed by atoms with E-state index < -0.39 is 11.4 Å². The molecule has 0 unspecified atom stereocenters. The second-order valence-electron chi connectivity index (χ2n) is 6.74. The molecule has 1 aliphatic rings. The van der Waals surface area contributed by atoms with Gasteiger partial charge in [0, 0.05) is 40.2 Å². The first-order valence-electron chi connectivity index (χ1n) is 9.56. The molecule has 1 N–H and O–H groups in total. The van der Waals surface area contributed by atoms with Gasteiger partial charge >= 0.3 is 5.97 Å². The van der Waals surface area contributed by atoms with Crippen LogP contribution in [0.5, 0.6) is 0 Å². The number of nitrogens with zero attached hydrogens (tertiary/aromatic N) is 2. The van der Waals surface area contributed by atoms with Crippen molar-refractivity contribution >= 4 is 51.8 Å². The molecule has 1 aromatic heterocycles. The van der Waals surface area contributed by atoms with Gasteiger partial charge in [0.15, 0.2) is 0 Å². The van der Waals surface area contributed by atoms with Crippen LogP contribution in [-0.4, -0.2) is 67.6 Å². The highest BCUT2D eigenvalue weighted by atomic mass is 35.5. The van der Waals surface area contributed by atoms with Crippen LogP contribution in [0.1, 0.15) is 24.2 Å². The van der Waals surface area contributed by atoms with Gasteiger partial charge in [0.2, 0.25) is 11.3 Å². The Labute approximate surface area is 183 Å². The summed E-state index contributed by atoms with van der Waals surface area (Å²) in [5, 5.41) is 1.14. The van der Waals surface area contributed by atoms with Crippen molar-refractivity contribution in [3.05, 3.63) is 32.9 Å². The van der Waals surface area contributed by atoms with Crippen LogP contribution in [0, 0.1) is 0 Å². The van der Waals surface area contributed by atoms with Crippen LogP contribution in [0.2, 0.25) is 5.02 Å². The maximum absolute atomic E-state index is 13.5. The lowest BCUT2D eigenvalue weighted by atomic mass is 10.1. The predicted octanol–water partition coefficient (Wildman–Crippen LogP) is 2.72. The number of carbonyl (C=O) groups is 2. The first-order chi connectivity index (χ1) is 14.4. The number of rotatable bonds is 6. The molecule has 1 amide bonds. The molecule has 2 heterocycles. The number of aromatic nitrogens is 1. The van der Waals surface area contributed by atoms with E-state index in [1.807, 2.05) is 4.90 Å². The largest absolute Gasteiger partial charge is 0.462 e. The number of carbonyl (C=O) groups excluding carboxylic acids is 2. The van der Waals surface area contributed by atoms with Crippen LogP contribution in [0.4, 0.5) is 5.69 Å². The lowest BCUT2D eigenvalue weighted by Crippen LogP contribution is -2.48. The number of methoxy groups -OCH3 is 1. The molecular formula is C20H24ClN3O5S. The SMILES string of the molecule is CCOC(=O)c1c(SCOC)[nH]c2ccc(Cl)c(N3CCN(C(C)=O)CC3)c2c1=O. The van der Waals surface area contributed by atoms with Crippen molar-refractivity contribution < 1.29 is 19.1 Å². The number of anilines is 1. The molecular weight excluding hydrogens is 430 g/mol. The number of piperazine rings is 1. The smallest absolute Gasteiger partial charge is 0.344 e. The highest BCUT2D eigenvalue weighted by molar-refractivity contribution is 7.99. The van der Waals surface area contributed by atoms with Crippen molar-refractivity contribution in [2.24, 2.45) is 0 Å². The van der Waals surface area contributed by atoms with Gasteiger partial charge in [-0.15, -0.1) is 0 Å². The van der Waals surface area contributed by atoms with E-state index in [1.165, 1.54) is 25.8 Å². The zero-order valence-corrected chi connectivity index (χ0v) is 18.7. The Kier molecular flexibility index (Phi) is 7.27. The Morgan fingerprint density at radius 3 is 2.53 bits per heavy atom. The average molecular weight is 454 g/mol. The van der Waals surface area contributed by atoms with Crippen molar-refractivity contribution in [1.82, 2.24) is 9.88 Å². The van der Waals surface area contributed by atoms with Gasteiger partial charge in [-0.3, -0.25) is 9.59 Å². The molecule has 3 rings (SSSR count). The fraction of sp³-hybridized carbons (Fsp3) is 0.450. The Hall–Kier alpha value is -2.23. The number of ether oxygens (including phenoxy) is 2. The van der Waals surface area contributed by atoms with E-state index in [0.717, 1.165) is 0 Å². The molecule has 0 saturated carbocycles. The Balaban J connectivity index is 2.15. The molecule has 1 aliphatic heterocycles. The zero-order chi connectivity index (χ0) is 21.8. The predicted molar refractivity (Wildman–Crippen MR) is 118 cm³/mol. The maximum Gasteiger partial charge on any atom is 0.344 e. The number of H-pyrrole nitrogens is 1. The van der Waals surface area contributed by atoms with Crippen LogP contribution in [0.25, 0.3) is 10.9 Å². The minimum Gasteiger partial charge on any atom is -0.462 e. The lowest BCUT2D eigenvalue weighted by Gasteiger charge is -2.36. The highest BCUT2D eigenvalue weighted by Crippen LogP contribution is 2.34. The Morgan fingerprint density at radius 1 is 1.23 bits per heavy atom. The summed E-state index contributed by atoms with van der Waals surface area (Å²) in [6, 6.07) is 3.45. The van der Waals surface area contributed by atoms with Crippen LogP contribution >= 0.6 is 23.4 Å². The number of pyridine rings is 1. The summed E-state index contributed by atoms with van der Waals surface area (Å²) in [5.41, 5.74) is 0.636. The maximum atomic E-state index is 13.5. The molecule has 0 atom stereocenters. The number of aromatic amines is 1. The average Bonchev–Trinajstić information content (AvgIpc) is 2.72. The third-order valence-corrected chi connectivity index (χ3v) is 6.15. The van der Waals surface area contributed by atoms with E-state index in [-0.39, 0.29) is 24.0 Å². The van der Waals surface area contributed by atoms with Crippen molar-refractivity contribution in [3.63, 3.8) is 0 Å². The topological polar surface area (TPSA) is 91.9 Å². The molecule has 0 radical (unpaired) electrons. The van der Waals surface area contributed by atoms with Crippen LogP contribution in [0.15, 0.2) is 22.0 Å². The van der Waals surface area contributed by atoms with Gasteiger partial charge in [-0.05, 0) is 19.1 Å². The minimum atomic E-state index is -0.688. The summed E-state index contributed by atoms with van der Waals surface area (Å²) >= 11 is 7.72. The molecule has 162 valence electrons. The van der Waals surface area contributed by atoms with E-state index in [4.69, 9.17) is 21.1 Å². The molecule has 0 bridgehead atoms. The van der Waals surface area contributed by atoms with Gasteiger partial charge in [-0.25, -0.2) is 4.79 Å². The first-order valence-corrected chi connectivity index (χ1v) is 10.9. The number of hydrogen-bond acceptors (Lipinski definition) is 7. The number of esters is 1.